The molecular weight excluding hydrogens is 312 g/mol. The van der Waals surface area contributed by atoms with Crippen molar-refractivity contribution in [2.24, 2.45) is 0 Å². The van der Waals surface area contributed by atoms with Crippen molar-refractivity contribution in [1.29, 1.82) is 0 Å². The molecule has 0 aromatic heterocycles. The number of sulfonamides is 1. The van der Waals surface area contributed by atoms with E-state index in [1.807, 2.05) is 18.2 Å². The highest BCUT2D eigenvalue weighted by molar-refractivity contribution is 7.88. The summed E-state index contributed by atoms with van der Waals surface area (Å²) >= 11 is 0. The van der Waals surface area contributed by atoms with Crippen LogP contribution in [0.4, 0.5) is 5.69 Å². The zero-order valence-electron chi connectivity index (χ0n) is 14.7. The molecule has 1 N–H and O–H groups in total. The van der Waals surface area contributed by atoms with Gasteiger partial charge in [-0.25, -0.2) is 8.42 Å². The number of carbonyl (C=O) groups excluding carboxylic acids is 1. The molecule has 6 heteroatoms. The second kappa shape index (κ2) is 8.45. The van der Waals surface area contributed by atoms with Crippen molar-refractivity contribution in [3.8, 4) is 0 Å². The molecular formula is C17H28N2O3S. The quantitative estimate of drug-likeness (QED) is 0.791. The first-order valence-electron chi connectivity index (χ1n) is 8.08. The molecule has 0 spiro atoms. The zero-order valence-corrected chi connectivity index (χ0v) is 15.5. The number of rotatable bonds is 8. The summed E-state index contributed by atoms with van der Waals surface area (Å²) in [7, 11) is -3.31. The first-order valence-corrected chi connectivity index (χ1v) is 9.92. The number of anilines is 1. The van der Waals surface area contributed by atoms with Gasteiger partial charge in [-0.3, -0.25) is 4.79 Å². The highest BCUT2D eigenvalue weighted by Crippen LogP contribution is 2.22. The highest BCUT2D eigenvalue weighted by Gasteiger charge is 2.21. The van der Waals surface area contributed by atoms with Crippen LogP contribution in [-0.2, 0) is 27.7 Å². The molecule has 0 bridgehead atoms. The lowest BCUT2D eigenvalue weighted by Crippen LogP contribution is -2.38. The Morgan fingerprint density at radius 2 is 1.70 bits per heavy atom. The van der Waals surface area contributed by atoms with Crippen molar-refractivity contribution in [3.05, 3.63) is 29.3 Å². The van der Waals surface area contributed by atoms with Crippen LogP contribution in [0.1, 0.15) is 45.2 Å². The van der Waals surface area contributed by atoms with Crippen LogP contribution in [0.5, 0.6) is 0 Å². The minimum atomic E-state index is -3.31. The highest BCUT2D eigenvalue weighted by atomic mass is 32.2. The molecule has 0 aliphatic rings. The number of nitrogens with zero attached hydrogens (tertiary/aromatic N) is 1. The van der Waals surface area contributed by atoms with Crippen molar-refractivity contribution in [2.75, 3.05) is 18.1 Å². The number of hydrogen-bond acceptors (Lipinski definition) is 3. The number of para-hydroxylation sites is 1. The summed E-state index contributed by atoms with van der Waals surface area (Å²) in [6.45, 7) is 7.91. The van der Waals surface area contributed by atoms with Gasteiger partial charge in [0.05, 0.1) is 6.26 Å². The third-order valence-corrected chi connectivity index (χ3v) is 5.28. The smallest absolute Gasteiger partial charge is 0.225 e. The summed E-state index contributed by atoms with van der Waals surface area (Å²) in [5.41, 5.74) is 3.07. The molecule has 1 rings (SSSR count). The molecule has 0 heterocycles. The Hall–Kier alpha value is -1.40. The molecule has 0 saturated heterocycles. The van der Waals surface area contributed by atoms with Gasteiger partial charge < -0.3 is 5.32 Å². The van der Waals surface area contributed by atoms with Gasteiger partial charge in [0.2, 0.25) is 15.9 Å². The van der Waals surface area contributed by atoms with Crippen LogP contribution in [0.15, 0.2) is 18.2 Å². The SMILES string of the molecule is CCc1cccc(CC)c1NC(=O)CCN(C(C)C)S(C)(=O)=O. The summed E-state index contributed by atoms with van der Waals surface area (Å²) in [5, 5.41) is 2.97. The van der Waals surface area contributed by atoms with Gasteiger partial charge in [0.1, 0.15) is 0 Å². The predicted octanol–water partition coefficient (Wildman–Crippen LogP) is 2.81. The van der Waals surface area contributed by atoms with Crippen molar-refractivity contribution >= 4 is 21.6 Å². The van der Waals surface area contributed by atoms with Gasteiger partial charge in [-0.15, -0.1) is 0 Å². The number of hydrogen-bond donors (Lipinski definition) is 1. The van der Waals surface area contributed by atoms with Crippen molar-refractivity contribution in [2.45, 2.75) is 53.0 Å². The second-order valence-electron chi connectivity index (χ2n) is 5.92. The molecule has 1 aromatic rings. The average molecular weight is 340 g/mol. The average Bonchev–Trinajstić information content (AvgIpc) is 2.45. The van der Waals surface area contributed by atoms with Crippen LogP contribution in [0, 0.1) is 0 Å². The zero-order chi connectivity index (χ0) is 17.6. The Morgan fingerprint density at radius 1 is 1.17 bits per heavy atom. The molecule has 0 aliphatic heterocycles. The maximum absolute atomic E-state index is 12.3. The second-order valence-corrected chi connectivity index (χ2v) is 7.86. The standard InChI is InChI=1S/C17H28N2O3S/c1-6-14-9-8-10-15(7-2)17(14)18-16(20)11-12-19(13(3)4)23(5,21)22/h8-10,13H,6-7,11-12H2,1-5H3,(H,18,20). The number of aryl methyl sites for hydroxylation is 2. The topological polar surface area (TPSA) is 66.5 Å². The number of amides is 1. The lowest BCUT2D eigenvalue weighted by atomic mass is 10.0. The van der Waals surface area contributed by atoms with Crippen LogP contribution in [-0.4, -0.2) is 37.5 Å². The fourth-order valence-electron chi connectivity index (χ4n) is 2.62. The third-order valence-electron chi connectivity index (χ3n) is 3.82. The molecule has 0 radical (unpaired) electrons. The van der Waals surface area contributed by atoms with E-state index in [2.05, 4.69) is 19.2 Å². The van der Waals surface area contributed by atoms with E-state index in [0.29, 0.717) is 0 Å². The maximum Gasteiger partial charge on any atom is 0.225 e. The minimum Gasteiger partial charge on any atom is -0.326 e. The van der Waals surface area contributed by atoms with E-state index >= 15 is 0 Å². The Bertz CT molecular complexity index is 617. The largest absolute Gasteiger partial charge is 0.326 e. The molecule has 0 aliphatic carbocycles. The monoisotopic (exact) mass is 340 g/mol. The summed E-state index contributed by atoms with van der Waals surface area (Å²) in [4.78, 5) is 12.3. The van der Waals surface area contributed by atoms with Crippen molar-refractivity contribution < 1.29 is 13.2 Å². The number of nitrogens with one attached hydrogen (secondary N) is 1. The van der Waals surface area contributed by atoms with E-state index in [1.54, 1.807) is 13.8 Å². The molecule has 0 atom stereocenters. The van der Waals surface area contributed by atoms with Gasteiger partial charge in [-0.05, 0) is 37.8 Å². The minimum absolute atomic E-state index is 0.145. The molecule has 5 nitrogen and oxygen atoms in total. The van der Waals surface area contributed by atoms with E-state index in [1.165, 1.54) is 10.6 Å². The molecule has 1 amide bonds. The normalized spacial score (nSPS) is 12.0. The van der Waals surface area contributed by atoms with Crippen LogP contribution >= 0.6 is 0 Å². The molecule has 23 heavy (non-hydrogen) atoms. The molecule has 130 valence electrons. The van der Waals surface area contributed by atoms with Gasteiger partial charge in [-0.1, -0.05) is 32.0 Å². The molecule has 0 unspecified atom stereocenters. The van der Waals surface area contributed by atoms with E-state index in [0.717, 1.165) is 29.7 Å². The number of benzene rings is 1. The molecule has 1 aromatic carbocycles. The van der Waals surface area contributed by atoms with Crippen molar-refractivity contribution in [1.82, 2.24) is 4.31 Å². The fraction of sp³-hybridized carbons (Fsp3) is 0.588. The lowest BCUT2D eigenvalue weighted by Gasteiger charge is -2.23. The van der Waals surface area contributed by atoms with Gasteiger partial charge in [0.15, 0.2) is 0 Å². The first kappa shape index (κ1) is 19.6. The van der Waals surface area contributed by atoms with E-state index in [-0.39, 0.29) is 24.9 Å². The van der Waals surface area contributed by atoms with Gasteiger partial charge in [0.25, 0.3) is 0 Å². The van der Waals surface area contributed by atoms with Crippen LogP contribution in [0.3, 0.4) is 0 Å². The Balaban J connectivity index is 2.82. The molecule has 0 saturated carbocycles. The summed E-state index contributed by atoms with van der Waals surface area (Å²) in [6, 6.07) is 5.85. The van der Waals surface area contributed by atoms with Gasteiger partial charge >= 0.3 is 0 Å². The predicted molar refractivity (Wildman–Crippen MR) is 95.1 cm³/mol. The summed E-state index contributed by atoms with van der Waals surface area (Å²) in [5.74, 6) is -0.157. The van der Waals surface area contributed by atoms with Crippen LogP contribution in [0.25, 0.3) is 0 Å². The Labute approximate surface area is 140 Å². The fourth-order valence-corrected chi connectivity index (χ4v) is 3.81. The van der Waals surface area contributed by atoms with Crippen LogP contribution in [0.2, 0.25) is 0 Å². The summed E-state index contributed by atoms with van der Waals surface area (Å²) < 4.78 is 24.8. The van der Waals surface area contributed by atoms with E-state index in [9.17, 15) is 13.2 Å². The molecule has 0 fully saturated rings. The van der Waals surface area contributed by atoms with E-state index in [4.69, 9.17) is 0 Å². The van der Waals surface area contributed by atoms with Gasteiger partial charge in [-0.2, -0.15) is 4.31 Å². The third kappa shape index (κ3) is 5.62. The first-order chi connectivity index (χ1) is 10.7. The lowest BCUT2D eigenvalue weighted by molar-refractivity contribution is -0.116. The Morgan fingerprint density at radius 3 is 2.09 bits per heavy atom. The Kier molecular flexibility index (Phi) is 7.22. The number of carbonyl (C=O) groups is 1. The van der Waals surface area contributed by atoms with Crippen molar-refractivity contribution in [3.63, 3.8) is 0 Å². The van der Waals surface area contributed by atoms with Crippen LogP contribution < -0.4 is 5.32 Å². The van der Waals surface area contributed by atoms with E-state index < -0.39 is 10.0 Å². The summed E-state index contributed by atoms with van der Waals surface area (Å²) in [6.07, 6.45) is 2.99. The maximum atomic E-state index is 12.3. The van der Waals surface area contributed by atoms with Gasteiger partial charge in [0, 0.05) is 24.7 Å².